The van der Waals surface area contributed by atoms with E-state index in [4.69, 9.17) is 0 Å². The van der Waals surface area contributed by atoms with Gasteiger partial charge in [-0.25, -0.2) is 0 Å². The quantitative estimate of drug-likeness (QED) is 0.163. The summed E-state index contributed by atoms with van der Waals surface area (Å²) in [6.45, 7) is 5.05. The third-order valence-electron chi connectivity index (χ3n) is 9.86. The number of phenols is 1. The Morgan fingerprint density at radius 3 is 2.07 bits per heavy atom. The van der Waals surface area contributed by atoms with Crippen molar-refractivity contribution in [2.75, 3.05) is 0 Å². The Bertz CT molecular complexity index is 1740. The summed E-state index contributed by atoms with van der Waals surface area (Å²) in [5.41, 5.74) is 4.56. The number of phenolic OH excluding ortho intramolecular Hbond substituents is 1. The Balaban J connectivity index is 1.26. The molecule has 0 bridgehead atoms. The van der Waals surface area contributed by atoms with Crippen molar-refractivity contribution < 1.29 is 29.7 Å². The summed E-state index contributed by atoms with van der Waals surface area (Å²) in [4.78, 5) is 39.4. The molecule has 6 heteroatoms. The number of unbranched alkanes of at least 4 members (excludes halogenated alkanes) is 1. The zero-order chi connectivity index (χ0) is 31.3. The molecule has 3 aliphatic carbocycles. The van der Waals surface area contributed by atoms with E-state index in [1.54, 1.807) is 6.92 Å². The van der Waals surface area contributed by atoms with Gasteiger partial charge < -0.3 is 15.3 Å². The van der Waals surface area contributed by atoms with Crippen LogP contribution >= 0.6 is 0 Å². The van der Waals surface area contributed by atoms with Crippen LogP contribution in [0.2, 0.25) is 0 Å². The number of Topliss-reactive ketones (excluding diaryl/α,β-unsaturated/α-hetero) is 3. The minimum atomic E-state index is -2.40. The molecule has 6 rings (SSSR count). The van der Waals surface area contributed by atoms with Crippen LogP contribution in [0.1, 0.15) is 67.3 Å². The number of carbonyl (C=O) groups is 3. The summed E-state index contributed by atoms with van der Waals surface area (Å²) < 4.78 is 0. The van der Waals surface area contributed by atoms with Crippen LogP contribution in [-0.2, 0) is 33.6 Å². The molecular weight excluding hydrogens is 552 g/mol. The van der Waals surface area contributed by atoms with Crippen molar-refractivity contribution in [1.29, 1.82) is 0 Å². The van der Waals surface area contributed by atoms with Crippen molar-refractivity contribution in [3.8, 4) is 16.9 Å². The van der Waals surface area contributed by atoms with Crippen molar-refractivity contribution in [2.24, 2.45) is 11.8 Å². The van der Waals surface area contributed by atoms with Gasteiger partial charge in [-0.05, 0) is 106 Å². The molecule has 0 unspecified atom stereocenters. The second kappa shape index (κ2) is 11.3. The highest BCUT2D eigenvalue weighted by Gasteiger charge is 2.60. The normalized spacial score (nSPS) is 22.9. The smallest absolute Gasteiger partial charge is 0.206 e. The molecule has 0 amide bonds. The predicted molar refractivity (Wildman–Crippen MR) is 169 cm³/mol. The molecule has 1 fully saturated rings. The van der Waals surface area contributed by atoms with Crippen molar-refractivity contribution in [3.05, 3.63) is 105 Å². The fourth-order valence-electron chi connectivity index (χ4n) is 7.56. The van der Waals surface area contributed by atoms with Crippen LogP contribution in [0.25, 0.3) is 16.9 Å². The van der Waals surface area contributed by atoms with Crippen LogP contribution in [0.15, 0.2) is 77.4 Å². The predicted octanol–water partition coefficient (Wildman–Crippen LogP) is 6.57. The minimum Gasteiger partial charge on any atom is -0.507 e. The Kier molecular flexibility index (Phi) is 7.66. The van der Waals surface area contributed by atoms with E-state index >= 15 is 0 Å². The molecule has 3 atom stereocenters. The van der Waals surface area contributed by atoms with Crippen LogP contribution in [0, 0.1) is 18.8 Å². The monoisotopic (exact) mass is 590 g/mol. The molecule has 3 N–H and O–H groups in total. The number of aryl methyl sites for hydroxylation is 3. The van der Waals surface area contributed by atoms with E-state index in [1.807, 2.05) is 6.07 Å². The lowest BCUT2D eigenvalue weighted by Gasteiger charge is -2.46. The Hall–Kier alpha value is -4.29. The van der Waals surface area contributed by atoms with Gasteiger partial charge in [0.05, 0.1) is 11.1 Å². The first-order valence-electron chi connectivity index (χ1n) is 15.5. The van der Waals surface area contributed by atoms with Crippen LogP contribution in [-0.4, -0.2) is 38.3 Å². The summed E-state index contributed by atoms with van der Waals surface area (Å²) >= 11 is 0. The maximum atomic E-state index is 13.8. The lowest BCUT2D eigenvalue weighted by molar-refractivity contribution is -0.157. The summed E-state index contributed by atoms with van der Waals surface area (Å²) in [5.74, 6) is -3.95. The number of fused-ring (bicyclic) bond motifs is 3. The highest BCUT2D eigenvalue weighted by Crippen LogP contribution is 2.52. The number of aromatic hydroxyl groups is 1. The standard InChI is InChI=1S/C38H38O6/c1-21-8-10-24(11-9-21)6-4-5-7-25-12-14-26(15-13-25)29-16-17-31(40)34-30(29)20-27-19-28-18-22(2)32(23(3)39)36(42)38(28,44)37(43)33(27)35(34)41/h8-17,27-28,40-41,44H,4-7,18-20H2,1-3H3/t27-,28-,38-/m1/s1. The zero-order valence-electron chi connectivity index (χ0n) is 25.4. The van der Waals surface area contributed by atoms with Crippen LogP contribution < -0.4 is 0 Å². The van der Waals surface area contributed by atoms with E-state index < -0.39 is 40.5 Å². The van der Waals surface area contributed by atoms with Gasteiger partial charge in [0, 0.05) is 11.5 Å². The van der Waals surface area contributed by atoms with Gasteiger partial charge in [-0.1, -0.05) is 65.7 Å². The molecule has 0 aromatic heterocycles. The average Bonchev–Trinajstić information content (AvgIpc) is 2.98. The van der Waals surface area contributed by atoms with E-state index in [0.29, 0.717) is 18.4 Å². The number of carbonyl (C=O) groups excluding carboxylic acids is 3. The van der Waals surface area contributed by atoms with Gasteiger partial charge in [0.2, 0.25) is 11.6 Å². The van der Waals surface area contributed by atoms with Gasteiger partial charge >= 0.3 is 0 Å². The fourth-order valence-corrected chi connectivity index (χ4v) is 7.56. The summed E-state index contributed by atoms with van der Waals surface area (Å²) in [7, 11) is 0. The molecule has 0 heterocycles. The zero-order valence-corrected chi connectivity index (χ0v) is 25.4. The lowest BCUT2D eigenvalue weighted by atomic mass is 9.57. The number of hydrogen-bond acceptors (Lipinski definition) is 6. The third kappa shape index (κ3) is 4.91. The molecule has 6 nitrogen and oxygen atoms in total. The van der Waals surface area contributed by atoms with Crippen LogP contribution in [0.3, 0.4) is 0 Å². The van der Waals surface area contributed by atoms with Gasteiger partial charge in [-0.3, -0.25) is 14.4 Å². The highest BCUT2D eigenvalue weighted by molar-refractivity contribution is 6.33. The molecule has 44 heavy (non-hydrogen) atoms. The Morgan fingerprint density at radius 2 is 1.45 bits per heavy atom. The van der Waals surface area contributed by atoms with Gasteiger partial charge in [0.1, 0.15) is 11.5 Å². The third-order valence-corrected chi connectivity index (χ3v) is 9.86. The number of hydrogen-bond donors (Lipinski definition) is 3. The number of ketones is 3. The maximum absolute atomic E-state index is 13.8. The topological polar surface area (TPSA) is 112 Å². The van der Waals surface area contributed by atoms with Crippen molar-refractivity contribution in [2.45, 2.75) is 71.3 Å². The molecule has 3 aromatic carbocycles. The van der Waals surface area contributed by atoms with Crippen LogP contribution in [0.4, 0.5) is 0 Å². The molecule has 226 valence electrons. The van der Waals surface area contributed by atoms with Gasteiger partial charge in [0.25, 0.3) is 0 Å². The highest BCUT2D eigenvalue weighted by atomic mass is 16.3. The Morgan fingerprint density at radius 1 is 0.841 bits per heavy atom. The first-order valence-corrected chi connectivity index (χ1v) is 15.5. The molecule has 0 saturated heterocycles. The Labute approximate surface area is 257 Å². The van der Waals surface area contributed by atoms with Crippen LogP contribution in [0.5, 0.6) is 5.75 Å². The van der Waals surface area contributed by atoms with Crippen molar-refractivity contribution >= 4 is 23.1 Å². The minimum absolute atomic E-state index is 0.0412. The van der Waals surface area contributed by atoms with Gasteiger partial charge in [0.15, 0.2) is 11.4 Å². The van der Waals surface area contributed by atoms with Crippen molar-refractivity contribution in [1.82, 2.24) is 0 Å². The molecule has 0 radical (unpaired) electrons. The SMILES string of the molecule is CC(=O)C1=C(C)C[C@@H]2C[C@@H]3Cc4c(-c5ccc(CCCCc6ccc(C)cc6)cc5)ccc(O)c4C(O)=C3C(=O)[C@]2(O)C1=O. The lowest BCUT2D eigenvalue weighted by Crippen LogP contribution is -2.61. The van der Waals surface area contributed by atoms with Gasteiger partial charge in [-0.2, -0.15) is 0 Å². The number of allylic oxidation sites excluding steroid dienone is 1. The summed E-state index contributed by atoms with van der Waals surface area (Å²) in [6.07, 6.45) is 5.13. The molecule has 3 aliphatic rings. The summed E-state index contributed by atoms with van der Waals surface area (Å²) in [6, 6.07) is 20.4. The first kappa shape index (κ1) is 29.8. The fraction of sp³-hybridized carbons (Fsp3) is 0.342. The van der Waals surface area contributed by atoms with E-state index in [9.17, 15) is 29.7 Å². The second-order valence-electron chi connectivity index (χ2n) is 12.8. The number of benzene rings is 3. The molecule has 1 saturated carbocycles. The summed E-state index contributed by atoms with van der Waals surface area (Å²) in [5, 5.41) is 33.9. The largest absolute Gasteiger partial charge is 0.507 e. The second-order valence-corrected chi connectivity index (χ2v) is 12.8. The van der Waals surface area contributed by atoms with Crippen molar-refractivity contribution in [3.63, 3.8) is 0 Å². The molecular formula is C38H38O6. The number of aliphatic hydroxyl groups excluding tert-OH is 1. The maximum Gasteiger partial charge on any atom is 0.206 e. The molecule has 3 aromatic rings. The molecule has 0 spiro atoms. The number of aliphatic hydroxyl groups is 2. The average molecular weight is 591 g/mol. The van der Waals surface area contributed by atoms with E-state index in [0.717, 1.165) is 42.4 Å². The van der Waals surface area contributed by atoms with E-state index in [1.165, 1.54) is 29.7 Å². The first-order chi connectivity index (χ1) is 21.0. The number of rotatable bonds is 7. The van der Waals surface area contributed by atoms with E-state index in [2.05, 4.69) is 55.5 Å². The van der Waals surface area contributed by atoms with Gasteiger partial charge in [-0.15, -0.1) is 0 Å². The van der Waals surface area contributed by atoms with E-state index in [-0.39, 0.29) is 28.9 Å². The molecule has 0 aliphatic heterocycles.